The van der Waals surface area contributed by atoms with Crippen LogP contribution in [-0.4, -0.2) is 6.61 Å². The Morgan fingerprint density at radius 1 is 0.839 bits per heavy atom. The van der Waals surface area contributed by atoms with E-state index in [1.165, 1.54) is 88.2 Å². The van der Waals surface area contributed by atoms with Crippen molar-refractivity contribution in [2.24, 2.45) is 5.92 Å². The Kier molecular flexibility index (Phi) is 10.8. The molecule has 1 fully saturated rings. The van der Waals surface area contributed by atoms with E-state index >= 15 is 0 Å². The van der Waals surface area contributed by atoms with Gasteiger partial charge in [0.15, 0.2) is 0 Å². The predicted octanol–water partition coefficient (Wildman–Crippen LogP) is 9.46. The Bertz CT molecular complexity index is 746. The first-order valence-electron chi connectivity index (χ1n) is 12.6. The number of hydrogen-bond acceptors (Lipinski definition) is 1. The zero-order valence-electron chi connectivity index (χ0n) is 19.4. The predicted molar refractivity (Wildman–Crippen MR) is 135 cm³/mol. The van der Waals surface area contributed by atoms with Crippen molar-refractivity contribution >= 4 is 11.6 Å². The van der Waals surface area contributed by atoms with E-state index in [0.29, 0.717) is 5.02 Å². The maximum atomic E-state index is 6.52. The van der Waals surface area contributed by atoms with Crippen LogP contribution >= 0.6 is 11.6 Å². The van der Waals surface area contributed by atoms with E-state index in [-0.39, 0.29) is 0 Å². The fourth-order valence-electron chi connectivity index (χ4n) is 4.56. The van der Waals surface area contributed by atoms with Gasteiger partial charge >= 0.3 is 0 Å². The van der Waals surface area contributed by atoms with Gasteiger partial charge in [-0.15, -0.1) is 0 Å². The normalized spacial score (nSPS) is 14.6. The summed E-state index contributed by atoms with van der Waals surface area (Å²) in [5.74, 6) is 1.72. The number of unbranched alkanes of at least 4 members (excludes halogenated alkanes) is 6. The number of benzene rings is 2. The summed E-state index contributed by atoms with van der Waals surface area (Å²) in [5, 5.41) is 0.707. The molecule has 0 N–H and O–H groups in total. The summed E-state index contributed by atoms with van der Waals surface area (Å²) in [6.07, 6.45) is 19.4. The van der Waals surface area contributed by atoms with Crippen LogP contribution in [0.25, 0.3) is 11.1 Å². The zero-order valence-corrected chi connectivity index (χ0v) is 20.1. The minimum absolute atomic E-state index is 0.707. The van der Waals surface area contributed by atoms with Crippen LogP contribution in [0.5, 0.6) is 5.75 Å². The van der Waals surface area contributed by atoms with Gasteiger partial charge in [0.25, 0.3) is 0 Å². The highest BCUT2D eigenvalue weighted by Crippen LogP contribution is 2.31. The third-order valence-electron chi connectivity index (χ3n) is 6.62. The van der Waals surface area contributed by atoms with Gasteiger partial charge in [-0.05, 0) is 73.3 Å². The Labute approximate surface area is 195 Å². The van der Waals surface area contributed by atoms with Crippen LogP contribution in [0.3, 0.4) is 0 Å². The van der Waals surface area contributed by atoms with Crippen LogP contribution in [0, 0.1) is 12.3 Å². The largest absolute Gasteiger partial charge is 0.492 e. The molecule has 0 saturated heterocycles. The van der Waals surface area contributed by atoms with Gasteiger partial charge in [0, 0.05) is 0 Å². The van der Waals surface area contributed by atoms with Crippen LogP contribution in [0.1, 0.15) is 89.5 Å². The Morgan fingerprint density at radius 2 is 1.52 bits per heavy atom. The summed E-state index contributed by atoms with van der Waals surface area (Å²) in [4.78, 5) is 0. The first kappa shape index (κ1) is 24.2. The SMILES string of the molecule is CCCCCCCCCOc1ccc(-c2ccc(CCC3CC[CH]CC3)cc2)cc1Cl. The second kappa shape index (κ2) is 13.8. The van der Waals surface area contributed by atoms with Crippen LogP contribution < -0.4 is 4.74 Å². The average Bonchev–Trinajstić information content (AvgIpc) is 2.81. The molecule has 0 aliphatic heterocycles. The molecule has 1 radical (unpaired) electrons. The highest BCUT2D eigenvalue weighted by molar-refractivity contribution is 6.32. The molecule has 1 aliphatic rings. The highest BCUT2D eigenvalue weighted by atomic mass is 35.5. The Balaban J connectivity index is 1.42. The molecule has 169 valence electrons. The van der Waals surface area contributed by atoms with Gasteiger partial charge in [-0.1, -0.05) is 100 Å². The number of rotatable bonds is 13. The van der Waals surface area contributed by atoms with E-state index in [2.05, 4.69) is 43.7 Å². The summed E-state index contributed by atoms with van der Waals surface area (Å²) in [6.45, 7) is 3.01. The molecule has 31 heavy (non-hydrogen) atoms. The molecule has 0 aromatic heterocycles. The summed E-state index contributed by atoms with van der Waals surface area (Å²) in [5.41, 5.74) is 3.82. The molecule has 0 amide bonds. The molecular formula is C29H40ClO. The van der Waals surface area contributed by atoms with E-state index in [0.717, 1.165) is 30.3 Å². The Hall–Kier alpha value is -1.47. The molecule has 2 aromatic rings. The van der Waals surface area contributed by atoms with Crippen molar-refractivity contribution in [1.82, 2.24) is 0 Å². The Morgan fingerprint density at radius 3 is 2.23 bits per heavy atom. The van der Waals surface area contributed by atoms with Crippen LogP contribution in [0.4, 0.5) is 0 Å². The first-order valence-corrected chi connectivity index (χ1v) is 13.0. The van der Waals surface area contributed by atoms with Gasteiger partial charge in [0.1, 0.15) is 5.75 Å². The van der Waals surface area contributed by atoms with Crippen molar-refractivity contribution in [1.29, 1.82) is 0 Å². The van der Waals surface area contributed by atoms with Crippen LogP contribution in [-0.2, 0) is 6.42 Å². The summed E-state index contributed by atoms with van der Waals surface area (Å²) in [7, 11) is 0. The molecule has 1 saturated carbocycles. The van der Waals surface area contributed by atoms with Gasteiger partial charge < -0.3 is 4.74 Å². The molecule has 0 atom stereocenters. The second-order valence-corrected chi connectivity index (χ2v) is 9.57. The van der Waals surface area contributed by atoms with E-state index in [9.17, 15) is 0 Å². The molecule has 1 nitrogen and oxygen atoms in total. The fraction of sp³-hybridized carbons (Fsp3) is 0.552. The first-order chi connectivity index (χ1) is 15.3. The molecule has 0 unspecified atom stereocenters. The van der Waals surface area contributed by atoms with Gasteiger partial charge in [0.2, 0.25) is 0 Å². The minimum Gasteiger partial charge on any atom is -0.492 e. The third kappa shape index (κ3) is 8.53. The molecule has 2 aromatic carbocycles. The lowest BCUT2D eigenvalue weighted by Crippen LogP contribution is -2.07. The standard InChI is InChI=1S/C29H40ClO/c1-2-3-4-5-6-7-11-22-31-29-21-20-27(23-28(29)30)26-18-16-25(17-19-26)15-14-24-12-9-8-10-13-24/h8,16-21,23-24H,2-7,9-15,22H2,1H3. The zero-order chi connectivity index (χ0) is 21.7. The molecule has 1 aliphatic carbocycles. The van der Waals surface area contributed by atoms with Crippen molar-refractivity contribution in [3.8, 4) is 16.9 Å². The van der Waals surface area contributed by atoms with Gasteiger partial charge in [-0.2, -0.15) is 0 Å². The fourth-order valence-corrected chi connectivity index (χ4v) is 4.79. The smallest absolute Gasteiger partial charge is 0.137 e. The van der Waals surface area contributed by atoms with Crippen molar-refractivity contribution in [3.05, 3.63) is 59.5 Å². The topological polar surface area (TPSA) is 9.23 Å². The molecular weight excluding hydrogens is 400 g/mol. The van der Waals surface area contributed by atoms with Crippen molar-refractivity contribution in [2.45, 2.75) is 90.4 Å². The van der Waals surface area contributed by atoms with Crippen molar-refractivity contribution in [2.75, 3.05) is 6.61 Å². The average molecular weight is 440 g/mol. The van der Waals surface area contributed by atoms with E-state index < -0.39 is 0 Å². The lowest BCUT2D eigenvalue weighted by Gasteiger charge is -2.21. The molecule has 3 rings (SSSR count). The quantitative estimate of drug-likeness (QED) is 0.282. The minimum atomic E-state index is 0.707. The van der Waals surface area contributed by atoms with Crippen molar-refractivity contribution < 1.29 is 4.74 Å². The monoisotopic (exact) mass is 439 g/mol. The lowest BCUT2D eigenvalue weighted by molar-refractivity contribution is 0.304. The molecule has 2 heteroatoms. The number of hydrogen-bond donors (Lipinski definition) is 0. The third-order valence-corrected chi connectivity index (χ3v) is 6.92. The van der Waals surface area contributed by atoms with Crippen molar-refractivity contribution in [3.63, 3.8) is 0 Å². The number of aryl methyl sites for hydroxylation is 1. The summed E-state index contributed by atoms with van der Waals surface area (Å²) < 4.78 is 5.93. The van der Waals surface area contributed by atoms with Gasteiger partial charge in [0.05, 0.1) is 11.6 Å². The molecule has 0 bridgehead atoms. The summed E-state index contributed by atoms with van der Waals surface area (Å²) in [6, 6.07) is 15.2. The number of halogens is 1. The van der Waals surface area contributed by atoms with E-state index in [1.54, 1.807) is 0 Å². The maximum absolute atomic E-state index is 6.52. The van der Waals surface area contributed by atoms with Gasteiger partial charge in [-0.3, -0.25) is 0 Å². The van der Waals surface area contributed by atoms with Crippen LogP contribution in [0.2, 0.25) is 5.02 Å². The van der Waals surface area contributed by atoms with Crippen LogP contribution in [0.15, 0.2) is 42.5 Å². The molecule has 0 spiro atoms. The lowest BCUT2D eigenvalue weighted by atomic mass is 9.85. The highest BCUT2D eigenvalue weighted by Gasteiger charge is 2.13. The maximum Gasteiger partial charge on any atom is 0.137 e. The number of ether oxygens (including phenoxy) is 1. The van der Waals surface area contributed by atoms with E-state index in [4.69, 9.17) is 16.3 Å². The van der Waals surface area contributed by atoms with E-state index in [1.807, 2.05) is 12.1 Å². The summed E-state index contributed by atoms with van der Waals surface area (Å²) >= 11 is 6.52. The second-order valence-electron chi connectivity index (χ2n) is 9.16. The van der Waals surface area contributed by atoms with Gasteiger partial charge in [-0.25, -0.2) is 0 Å². The molecule has 0 heterocycles.